The maximum atomic E-state index is 14.6. The van der Waals surface area contributed by atoms with Gasteiger partial charge in [-0.2, -0.15) is 0 Å². The minimum atomic E-state index is -0.613. The highest BCUT2D eigenvalue weighted by Crippen LogP contribution is 2.32. The number of nitrogens with zero attached hydrogens (tertiary/aromatic N) is 1. The Morgan fingerprint density at radius 3 is 2.31 bits per heavy atom. The molecule has 35 heavy (non-hydrogen) atoms. The summed E-state index contributed by atoms with van der Waals surface area (Å²) in [5.41, 5.74) is -0.102. The fourth-order valence-corrected chi connectivity index (χ4v) is 4.92. The molecule has 188 valence electrons. The molecule has 2 aromatic rings. The van der Waals surface area contributed by atoms with Crippen molar-refractivity contribution in [3.05, 3.63) is 53.8 Å². The molecule has 4 rings (SSSR count). The maximum Gasteiger partial charge on any atom is 0.222 e. The maximum absolute atomic E-state index is 14.6. The van der Waals surface area contributed by atoms with Gasteiger partial charge >= 0.3 is 0 Å². The van der Waals surface area contributed by atoms with Gasteiger partial charge in [-0.05, 0) is 55.2 Å². The van der Waals surface area contributed by atoms with Crippen molar-refractivity contribution in [2.75, 3.05) is 27.3 Å². The van der Waals surface area contributed by atoms with Crippen molar-refractivity contribution in [1.29, 1.82) is 0 Å². The monoisotopic (exact) mass is 484 g/mol. The molecule has 1 atom stereocenters. The van der Waals surface area contributed by atoms with E-state index in [-0.39, 0.29) is 23.7 Å². The van der Waals surface area contributed by atoms with Gasteiger partial charge in [0.1, 0.15) is 29.2 Å². The molecule has 2 aromatic carbocycles. The van der Waals surface area contributed by atoms with Crippen molar-refractivity contribution >= 4 is 11.8 Å². The Kier molecular flexibility index (Phi) is 7.78. The molecule has 1 N–H and O–H groups in total. The van der Waals surface area contributed by atoms with E-state index in [4.69, 9.17) is 14.2 Å². The summed E-state index contributed by atoms with van der Waals surface area (Å²) in [6.07, 6.45) is 3.69. The number of methoxy groups -OCH3 is 2. The van der Waals surface area contributed by atoms with Crippen molar-refractivity contribution in [3.8, 4) is 17.2 Å². The fraction of sp³-hybridized carbons (Fsp3) is 0.481. The van der Waals surface area contributed by atoms with Gasteiger partial charge in [-0.3, -0.25) is 9.59 Å². The molecule has 2 amide bonds. The van der Waals surface area contributed by atoms with E-state index in [0.29, 0.717) is 56.5 Å². The molecule has 2 aliphatic rings. The van der Waals surface area contributed by atoms with E-state index < -0.39 is 5.54 Å². The van der Waals surface area contributed by atoms with E-state index in [1.807, 2.05) is 29.2 Å². The number of amides is 2. The standard InChI is InChI=1S/C27H33FN2O5/c1-33-20-5-7-21(8-6-20)35-22-11-15-30(16-12-22)26(32)10-14-27(13-9-25(31)29-27)18-19-3-4-23(34-2)17-24(19)28/h3-8,17,22H,9-16,18H2,1-2H3,(H,29,31)/t27-/m1/s1. The molecule has 7 nitrogen and oxygen atoms in total. The molecular formula is C27H33FN2O5. The van der Waals surface area contributed by atoms with Crippen LogP contribution in [0.2, 0.25) is 0 Å². The zero-order chi connectivity index (χ0) is 24.8. The van der Waals surface area contributed by atoms with Crippen molar-refractivity contribution in [2.45, 2.75) is 56.6 Å². The molecule has 0 unspecified atom stereocenters. The van der Waals surface area contributed by atoms with E-state index in [1.54, 1.807) is 19.2 Å². The number of halogens is 1. The average molecular weight is 485 g/mol. The largest absolute Gasteiger partial charge is 0.497 e. The van der Waals surface area contributed by atoms with Crippen molar-refractivity contribution < 1.29 is 28.2 Å². The van der Waals surface area contributed by atoms with Crippen molar-refractivity contribution in [2.24, 2.45) is 0 Å². The second kappa shape index (κ2) is 11.0. The predicted molar refractivity (Wildman–Crippen MR) is 129 cm³/mol. The zero-order valence-electron chi connectivity index (χ0n) is 20.3. The first-order valence-electron chi connectivity index (χ1n) is 12.1. The van der Waals surface area contributed by atoms with Crippen molar-refractivity contribution in [3.63, 3.8) is 0 Å². The number of nitrogens with one attached hydrogen (secondary N) is 1. The number of hydrogen-bond acceptors (Lipinski definition) is 5. The van der Waals surface area contributed by atoms with Crippen LogP contribution in [0.15, 0.2) is 42.5 Å². The Hall–Kier alpha value is -3.29. The molecule has 0 aliphatic carbocycles. The molecule has 0 bridgehead atoms. The molecule has 2 fully saturated rings. The molecule has 0 radical (unpaired) electrons. The number of hydrogen-bond donors (Lipinski definition) is 1. The molecule has 0 aromatic heterocycles. The Labute approximate surface area is 205 Å². The second-order valence-electron chi connectivity index (χ2n) is 9.34. The SMILES string of the molecule is COc1ccc(OC2CCN(C(=O)CC[C@@]3(Cc4ccc(OC)cc4F)CCC(=O)N3)CC2)cc1. The van der Waals surface area contributed by atoms with Crippen LogP contribution in [0.5, 0.6) is 17.2 Å². The highest BCUT2D eigenvalue weighted by Gasteiger charge is 2.39. The first kappa shape index (κ1) is 24.8. The molecule has 2 aliphatic heterocycles. The lowest BCUT2D eigenvalue weighted by molar-refractivity contribution is -0.133. The quantitative estimate of drug-likeness (QED) is 0.585. The topological polar surface area (TPSA) is 77.1 Å². The third kappa shape index (κ3) is 6.24. The smallest absolute Gasteiger partial charge is 0.222 e. The van der Waals surface area contributed by atoms with Crippen LogP contribution < -0.4 is 19.5 Å². The molecule has 0 spiro atoms. The Balaban J connectivity index is 1.30. The number of likely N-dealkylation sites (tertiary alicyclic amines) is 1. The number of carbonyl (C=O) groups is 2. The van der Waals surface area contributed by atoms with E-state index in [9.17, 15) is 14.0 Å². The summed E-state index contributed by atoms with van der Waals surface area (Å²) in [7, 11) is 3.12. The number of benzene rings is 2. The van der Waals surface area contributed by atoms with Crippen LogP contribution in [0, 0.1) is 5.82 Å². The van der Waals surface area contributed by atoms with Gasteiger partial charge in [0.25, 0.3) is 0 Å². The Morgan fingerprint density at radius 1 is 1.06 bits per heavy atom. The van der Waals surface area contributed by atoms with Crippen LogP contribution >= 0.6 is 0 Å². The van der Waals surface area contributed by atoms with Crippen LogP contribution in [0.3, 0.4) is 0 Å². The van der Waals surface area contributed by atoms with Gasteiger partial charge in [-0.1, -0.05) is 6.07 Å². The summed E-state index contributed by atoms with van der Waals surface area (Å²) in [6, 6.07) is 12.3. The van der Waals surface area contributed by atoms with Crippen LogP contribution in [-0.2, 0) is 16.0 Å². The van der Waals surface area contributed by atoms with Gasteiger partial charge in [-0.15, -0.1) is 0 Å². The lowest BCUT2D eigenvalue weighted by atomic mass is 9.84. The highest BCUT2D eigenvalue weighted by molar-refractivity contribution is 5.80. The van der Waals surface area contributed by atoms with Gasteiger partial charge in [0.15, 0.2) is 0 Å². The number of carbonyl (C=O) groups excluding carboxylic acids is 2. The third-order valence-corrected chi connectivity index (χ3v) is 7.00. The van der Waals surface area contributed by atoms with E-state index in [0.717, 1.165) is 24.3 Å². The normalized spacial score (nSPS) is 20.4. The van der Waals surface area contributed by atoms with Crippen LogP contribution in [-0.4, -0.2) is 55.7 Å². The first-order valence-corrected chi connectivity index (χ1v) is 12.1. The first-order chi connectivity index (χ1) is 16.9. The minimum absolute atomic E-state index is 0.0529. The fourth-order valence-electron chi connectivity index (χ4n) is 4.92. The lowest BCUT2D eigenvalue weighted by Gasteiger charge is -2.34. The molecule has 8 heteroatoms. The lowest BCUT2D eigenvalue weighted by Crippen LogP contribution is -2.46. The van der Waals surface area contributed by atoms with Crippen LogP contribution in [0.4, 0.5) is 4.39 Å². The zero-order valence-corrected chi connectivity index (χ0v) is 20.3. The predicted octanol–water partition coefficient (Wildman–Crippen LogP) is 3.88. The van der Waals surface area contributed by atoms with E-state index >= 15 is 0 Å². The summed E-state index contributed by atoms with van der Waals surface area (Å²) in [5.74, 6) is 1.66. The number of ether oxygens (including phenoxy) is 3. The molecular weight excluding hydrogens is 451 g/mol. The summed E-state index contributed by atoms with van der Waals surface area (Å²) < 4.78 is 30.9. The van der Waals surface area contributed by atoms with Crippen LogP contribution in [0.1, 0.15) is 44.1 Å². The van der Waals surface area contributed by atoms with Gasteiger partial charge < -0.3 is 24.4 Å². The number of piperidine rings is 1. The van der Waals surface area contributed by atoms with Gasteiger partial charge in [-0.25, -0.2) is 4.39 Å². The average Bonchev–Trinajstić information content (AvgIpc) is 3.25. The Morgan fingerprint density at radius 2 is 1.71 bits per heavy atom. The van der Waals surface area contributed by atoms with Crippen LogP contribution in [0.25, 0.3) is 0 Å². The molecule has 2 heterocycles. The van der Waals surface area contributed by atoms with Crippen molar-refractivity contribution in [1.82, 2.24) is 10.2 Å². The second-order valence-corrected chi connectivity index (χ2v) is 9.34. The van der Waals surface area contributed by atoms with E-state index in [2.05, 4.69) is 5.32 Å². The molecule has 2 saturated heterocycles. The van der Waals surface area contributed by atoms with E-state index in [1.165, 1.54) is 13.2 Å². The Bertz CT molecular complexity index is 1040. The third-order valence-electron chi connectivity index (χ3n) is 7.00. The van der Waals surface area contributed by atoms with Gasteiger partial charge in [0, 0.05) is 50.4 Å². The summed E-state index contributed by atoms with van der Waals surface area (Å²) in [5, 5.41) is 3.04. The summed E-state index contributed by atoms with van der Waals surface area (Å²) >= 11 is 0. The summed E-state index contributed by atoms with van der Waals surface area (Å²) in [6.45, 7) is 1.26. The number of rotatable bonds is 9. The highest BCUT2D eigenvalue weighted by atomic mass is 19.1. The van der Waals surface area contributed by atoms with Gasteiger partial charge in [0.05, 0.1) is 14.2 Å². The minimum Gasteiger partial charge on any atom is -0.497 e. The van der Waals surface area contributed by atoms with Gasteiger partial charge in [0.2, 0.25) is 11.8 Å². The summed E-state index contributed by atoms with van der Waals surface area (Å²) in [4.78, 5) is 26.9. The molecule has 0 saturated carbocycles.